The molecule has 0 unspecified atom stereocenters. The van der Waals surface area contributed by atoms with E-state index in [0.717, 1.165) is 43.7 Å². The normalized spacial score (nSPS) is 15.8. The van der Waals surface area contributed by atoms with Crippen molar-refractivity contribution in [1.29, 1.82) is 5.41 Å². The summed E-state index contributed by atoms with van der Waals surface area (Å²) in [5.74, 6) is 0.524. The van der Waals surface area contributed by atoms with E-state index >= 15 is 0 Å². The fourth-order valence-electron chi connectivity index (χ4n) is 2.71. The lowest BCUT2D eigenvalue weighted by molar-refractivity contribution is -0.119. The molecule has 4 N–H and O–H groups in total. The second-order valence-electron chi connectivity index (χ2n) is 5.44. The summed E-state index contributed by atoms with van der Waals surface area (Å²) in [5.41, 5.74) is 8.12. The predicted octanol–water partition coefficient (Wildman–Crippen LogP) is 2.27. The van der Waals surface area contributed by atoms with Crippen LogP contribution in [0.5, 0.6) is 0 Å². The van der Waals surface area contributed by atoms with Gasteiger partial charge in [0.25, 0.3) is 0 Å². The summed E-state index contributed by atoms with van der Waals surface area (Å²) in [5, 5.41) is 11.0. The quantitative estimate of drug-likeness (QED) is 0.589. The lowest BCUT2D eigenvalue weighted by Crippen LogP contribution is -2.38. The monoisotopic (exact) mass is 308 g/mol. The summed E-state index contributed by atoms with van der Waals surface area (Å²) in [6, 6.07) is 3.54. The molecular formula is C15H21ClN4O. The fourth-order valence-corrected chi connectivity index (χ4v) is 2.93. The van der Waals surface area contributed by atoms with Gasteiger partial charge in [0, 0.05) is 54.7 Å². The lowest BCUT2D eigenvalue weighted by atomic mass is 9.95. The lowest BCUT2D eigenvalue weighted by Gasteiger charge is -2.34. The fraction of sp³-hybridized carbons (Fsp3) is 0.467. The Hall–Kier alpha value is -1.75. The van der Waals surface area contributed by atoms with Crippen molar-refractivity contribution in [1.82, 2.24) is 5.32 Å². The molecule has 5 nitrogen and oxygen atoms in total. The number of nitrogens with one attached hydrogen (secondary N) is 2. The number of piperidine rings is 1. The molecule has 0 aromatic heterocycles. The molecule has 1 aromatic carbocycles. The van der Waals surface area contributed by atoms with Crippen LogP contribution in [0.2, 0.25) is 5.02 Å². The van der Waals surface area contributed by atoms with Gasteiger partial charge in [0.2, 0.25) is 5.91 Å². The number of rotatable bonds is 4. The van der Waals surface area contributed by atoms with Gasteiger partial charge in [-0.15, -0.1) is 0 Å². The molecule has 1 aromatic rings. The molecule has 0 spiro atoms. The molecule has 6 heteroatoms. The third-order valence-electron chi connectivity index (χ3n) is 3.89. The van der Waals surface area contributed by atoms with E-state index in [1.807, 2.05) is 6.07 Å². The summed E-state index contributed by atoms with van der Waals surface area (Å²) in [6.07, 6.45) is 3.29. The number of hydrogen-bond acceptors (Lipinski definition) is 4. The number of halogens is 1. The topological polar surface area (TPSA) is 82.2 Å². The van der Waals surface area contributed by atoms with Gasteiger partial charge in [0.15, 0.2) is 0 Å². The van der Waals surface area contributed by atoms with Crippen molar-refractivity contribution in [2.75, 3.05) is 30.3 Å². The van der Waals surface area contributed by atoms with Gasteiger partial charge in [-0.2, -0.15) is 0 Å². The highest BCUT2D eigenvalue weighted by molar-refractivity contribution is 6.31. The van der Waals surface area contributed by atoms with Crippen molar-refractivity contribution < 1.29 is 4.79 Å². The van der Waals surface area contributed by atoms with Crippen molar-refractivity contribution in [3.63, 3.8) is 0 Å². The third-order valence-corrected chi connectivity index (χ3v) is 4.11. The van der Waals surface area contributed by atoms with E-state index in [4.69, 9.17) is 22.7 Å². The van der Waals surface area contributed by atoms with E-state index in [9.17, 15) is 4.79 Å². The van der Waals surface area contributed by atoms with Crippen molar-refractivity contribution in [3.05, 3.63) is 22.7 Å². The maximum Gasteiger partial charge on any atom is 0.216 e. The molecule has 1 heterocycles. The van der Waals surface area contributed by atoms with Gasteiger partial charge >= 0.3 is 0 Å². The van der Waals surface area contributed by atoms with E-state index in [2.05, 4.69) is 10.2 Å². The zero-order valence-electron chi connectivity index (χ0n) is 12.2. The molecule has 0 atom stereocenters. The molecule has 1 fully saturated rings. The maximum absolute atomic E-state index is 11.0. The van der Waals surface area contributed by atoms with E-state index in [1.54, 1.807) is 13.0 Å². The summed E-state index contributed by atoms with van der Waals surface area (Å²) in [4.78, 5) is 13.2. The van der Waals surface area contributed by atoms with E-state index in [1.165, 1.54) is 6.21 Å². The number of anilines is 2. The summed E-state index contributed by atoms with van der Waals surface area (Å²) in [7, 11) is 0. The largest absolute Gasteiger partial charge is 0.398 e. The summed E-state index contributed by atoms with van der Waals surface area (Å²) in [6.45, 7) is 4.04. The Labute approximate surface area is 130 Å². The zero-order chi connectivity index (χ0) is 15.4. The van der Waals surface area contributed by atoms with Crippen LogP contribution in [-0.4, -0.2) is 31.8 Å². The van der Waals surface area contributed by atoms with Crippen LogP contribution >= 0.6 is 11.6 Å². The Morgan fingerprint density at radius 1 is 1.52 bits per heavy atom. The number of carbonyl (C=O) groups is 1. The highest BCUT2D eigenvalue weighted by Gasteiger charge is 2.22. The first-order valence-corrected chi connectivity index (χ1v) is 7.48. The molecule has 1 amide bonds. The second-order valence-corrected chi connectivity index (χ2v) is 5.88. The number of nitrogens with two attached hydrogens (primary N) is 1. The van der Waals surface area contributed by atoms with E-state index in [-0.39, 0.29) is 5.91 Å². The number of hydrogen-bond donors (Lipinski definition) is 3. The minimum atomic E-state index is 0.0196. The Morgan fingerprint density at radius 3 is 2.76 bits per heavy atom. The predicted molar refractivity (Wildman–Crippen MR) is 87.4 cm³/mol. The molecule has 1 aliphatic heterocycles. The first-order chi connectivity index (χ1) is 10.0. The van der Waals surface area contributed by atoms with Crippen LogP contribution in [0.1, 0.15) is 25.3 Å². The molecule has 0 radical (unpaired) electrons. The van der Waals surface area contributed by atoms with Crippen LogP contribution < -0.4 is 16.0 Å². The molecule has 1 saturated heterocycles. The van der Waals surface area contributed by atoms with Crippen molar-refractivity contribution >= 4 is 35.1 Å². The SMILES string of the molecule is CC(=O)NCC1CCN(c2cc(Cl)cc(N)c2C=N)CC1. The molecule has 114 valence electrons. The molecule has 2 rings (SSSR count). The summed E-state index contributed by atoms with van der Waals surface area (Å²) < 4.78 is 0. The second kappa shape index (κ2) is 6.80. The number of nitrogens with zero attached hydrogens (tertiary/aromatic N) is 1. The summed E-state index contributed by atoms with van der Waals surface area (Å²) >= 11 is 6.08. The maximum atomic E-state index is 11.0. The van der Waals surface area contributed by atoms with Gasteiger partial charge in [-0.25, -0.2) is 0 Å². The Kier molecular flexibility index (Phi) is 5.07. The van der Waals surface area contributed by atoms with Crippen molar-refractivity contribution in [2.24, 2.45) is 5.92 Å². The smallest absolute Gasteiger partial charge is 0.216 e. The molecule has 1 aliphatic rings. The van der Waals surface area contributed by atoms with Crippen LogP contribution in [-0.2, 0) is 4.79 Å². The van der Waals surface area contributed by atoms with Crippen molar-refractivity contribution in [2.45, 2.75) is 19.8 Å². The molecule has 0 saturated carbocycles. The van der Waals surface area contributed by atoms with Gasteiger partial charge in [0.1, 0.15) is 0 Å². The van der Waals surface area contributed by atoms with Crippen LogP contribution in [0, 0.1) is 11.3 Å². The third kappa shape index (κ3) is 3.88. The number of amides is 1. The van der Waals surface area contributed by atoms with Gasteiger partial charge < -0.3 is 21.4 Å². The average Bonchev–Trinajstić information content (AvgIpc) is 2.45. The highest BCUT2D eigenvalue weighted by Crippen LogP contribution is 2.31. The number of benzene rings is 1. The molecular weight excluding hydrogens is 288 g/mol. The van der Waals surface area contributed by atoms with Crippen LogP contribution in [0.4, 0.5) is 11.4 Å². The Morgan fingerprint density at radius 2 is 2.19 bits per heavy atom. The van der Waals surface area contributed by atoms with Crippen LogP contribution in [0.15, 0.2) is 12.1 Å². The van der Waals surface area contributed by atoms with Gasteiger partial charge in [-0.3, -0.25) is 4.79 Å². The molecule has 0 aliphatic carbocycles. The standard InChI is InChI=1S/C15H21ClN4O/c1-10(21)19-9-11-2-4-20(5-3-11)15-7-12(16)6-14(18)13(15)8-17/h6-8,11,17H,2-5,9,18H2,1H3,(H,19,21). The van der Waals surface area contributed by atoms with Gasteiger partial charge in [0.05, 0.1) is 0 Å². The number of carbonyl (C=O) groups excluding carboxylic acids is 1. The first kappa shape index (κ1) is 15.6. The highest BCUT2D eigenvalue weighted by atomic mass is 35.5. The van der Waals surface area contributed by atoms with Gasteiger partial charge in [-0.1, -0.05) is 11.6 Å². The molecule has 0 bridgehead atoms. The number of nitrogen functional groups attached to an aromatic ring is 1. The van der Waals surface area contributed by atoms with Crippen LogP contribution in [0.3, 0.4) is 0 Å². The van der Waals surface area contributed by atoms with E-state index in [0.29, 0.717) is 16.6 Å². The molecule has 21 heavy (non-hydrogen) atoms. The van der Waals surface area contributed by atoms with Crippen LogP contribution in [0.25, 0.3) is 0 Å². The van der Waals surface area contributed by atoms with E-state index < -0.39 is 0 Å². The average molecular weight is 309 g/mol. The first-order valence-electron chi connectivity index (χ1n) is 7.10. The minimum Gasteiger partial charge on any atom is -0.398 e. The van der Waals surface area contributed by atoms with Crippen molar-refractivity contribution in [3.8, 4) is 0 Å². The minimum absolute atomic E-state index is 0.0196. The van der Waals surface area contributed by atoms with Gasteiger partial charge in [-0.05, 0) is 30.9 Å². The Bertz CT molecular complexity index is 539. The Balaban J connectivity index is 2.05. The zero-order valence-corrected chi connectivity index (χ0v) is 12.9.